The first-order valence-electron chi connectivity index (χ1n) is 4.74. The summed E-state index contributed by atoms with van der Waals surface area (Å²) in [6.07, 6.45) is 5.17. The van der Waals surface area contributed by atoms with Gasteiger partial charge in [0.2, 0.25) is 0 Å². The third-order valence-electron chi connectivity index (χ3n) is 1.90. The zero-order chi connectivity index (χ0) is 11.1. The van der Waals surface area contributed by atoms with Crippen LogP contribution in [0.15, 0.2) is 15.9 Å². The van der Waals surface area contributed by atoms with E-state index in [9.17, 15) is 0 Å². The molecule has 1 N–H and O–H groups in total. The maximum Gasteiger partial charge on any atom is 0.0701 e. The summed E-state index contributed by atoms with van der Waals surface area (Å²) in [5, 5.41) is 3.47. The van der Waals surface area contributed by atoms with Gasteiger partial charge in [0.15, 0.2) is 0 Å². The number of halogens is 1. The van der Waals surface area contributed by atoms with Crippen molar-refractivity contribution >= 4 is 39.0 Å². The van der Waals surface area contributed by atoms with Gasteiger partial charge in [0.25, 0.3) is 0 Å². The van der Waals surface area contributed by atoms with Crippen LogP contribution in [0.3, 0.4) is 0 Å². The standard InChI is InChI=1S/C11H14BrNS2/c1-3-7-14-8-6-13-9(2)10-4-5-11(12)15-10/h1,4-5,9,13H,6-8H2,2H3. The van der Waals surface area contributed by atoms with E-state index in [1.807, 2.05) is 0 Å². The number of hydrogen-bond donors (Lipinski definition) is 1. The number of terminal acetylenes is 1. The van der Waals surface area contributed by atoms with Crippen molar-refractivity contribution in [3.63, 3.8) is 0 Å². The van der Waals surface area contributed by atoms with Crippen LogP contribution in [0.2, 0.25) is 0 Å². The first kappa shape index (κ1) is 13.1. The van der Waals surface area contributed by atoms with E-state index in [0.717, 1.165) is 18.1 Å². The van der Waals surface area contributed by atoms with Crippen LogP contribution in [0, 0.1) is 12.3 Å². The molecule has 1 atom stereocenters. The summed E-state index contributed by atoms with van der Waals surface area (Å²) in [5.74, 6) is 4.50. The van der Waals surface area contributed by atoms with Crippen molar-refractivity contribution in [2.45, 2.75) is 13.0 Å². The monoisotopic (exact) mass is 303 g/mol. The molecular weight excluding hydrogens is 290 g/mol. The van der Waals surface area contributed by atoms with Crippen molar-refractivity contribution in [2.24, 2.45) is 0 Å². The summed E-state index contributed by atoms with van der Waals surface area (Å²) in [4.78, 5) is 1.36. The van der Waals surface area contributed by atoms with E-state index in [0.29, 0.717) is 6.04 Å². The maximum absolute atomic E-state index is 5.17. The SMILES string of the molecule is C#CCSCCNC(C)c1ccc(Br)s1. The third kappa shape index (κ3) is 5.07. The van der Waals surface area contributed by atoms with Crippen LogP contribution in [-0.2, 0) is 0 Å². The first-order valence-corrected chi connectivity index (χ1v) is 7.50. The van der Waals surface area contributed by atoms with Crippen molar-refractivity contribution in [1.29, 1.82) is 0 Å². The highest BCUT2D eigenvalue weighted by Crippen LogP contribution is 2.26. The Bertz CT molecular complexity index is 330. The molecule has 1 aromatic heterocycles. The summed E-state index contributed by atoms with van der Waals surface area (Å²) in [7, 11) is 0. The minimum atomic E-state index is 0.424. The van der Waals surface area contributed by atoms with Gasteiger partial charge in [0.1, 0.15) is 0 Å². The fourth-order valence-corrected chi connectivity index (χ4v) is 3.12. The van der Waals surface area contributed by atoms with Gasteiger partial charge in [-0.2, -0.15) is 0 Å². The van der Waals surface area contributed by atoms with Gasteiger partial charge < -0.3 is 5.32 Å². The number of thiophene rings is 1. The molecule has 1 aromatic rings. The molecule has 0 radical (unpaired) electrons. The molecule has 0 aliphatic heterocycles. The van der Waals surface area contributed by atoms with E-state index >= 15 is 0 Å². The highest BCUT2D eigenvalue weighted by molar-refractivity contribution is 9.11. The maximum atomic E-state index is 5.17. The van der Waals surface area contributed by atoms with Crippen LogP contribution in [0.5, 0.6) is 0 Å². The molecule has 1 rings (SSSR count). The highest BCUT2D eigenvalue weighted by atomic mass is 79.9. The molecule has 15 heavy (non-hydrogen) atoms. The summed E-state index contributed by atoms with van der Waals surface area (Å²) in [6, 6.07) is 4.67. The smallest absolute Gasteiger partial charge is 0.0701 e. The number of hydrogen-bond acceptors (Lipinski definition) is 3. The molecule has 0 spiro atoms. The topological polar surface area (TPSA) is 12.0 Å². The minimum Gasteiger partial charge on any atom is -0.309 e. The van der Waals surface area contributed by atoms with E-state index in [1.54, 1.807) is 23.1 Å². The molecule has 0 amide bonds. The van der Waals surface area contributed by atoms with Crippen LogP contribution in [-0.4, -0.2) is 18.1 Å². The first-order chi connectivity index (χ1) is 7.24. The number of nitrogens with one attached hydrogen (secondary N) is 1. The van der Waals surface area contributed by atoms with Gasteiger partial charge in [0.05, 0.1) is 9.54 Å². The molecule has 4 heteroatoms. The zero-order valence-electron chi connectivity index (χ0n) is 8.63. The second-order valence-corrected chi connectivity index (χ2v) is 6.67. The molecule has 0 bridgehead atoms. The lowest BCUT2D eigenvalue weighted by molar-refractivity contribution is 0.610. The molecule has 0 saturated carbocycles. The quantitative estimate of drug-likeness (QED) is 0.637. The van der Waals surface area contributed by atoms with Gasteiger partial charge >= 0.3 is 0 Å². The van der Waals surface area contributed by atoms with E-state index in [1.165, 1.54) is 8.66 Å². The average molecular weight is 304 g/mol. The van der Waals surface area contributed by atoms with Gasteiger partial charge in [-0.25, -0.2) is 0 Å². The van der Waals surface area contributed by atoms with Crippen LogP contribution >= 0.6 is 39.0 Å². The van der Waals surface area contributed by atoms with Crippen LogP contribution in [0.4, 0.5) is 0 Å². The van der Waals surface area contributed by atoms with Crippen LogP contribution in [0.25, 0.3) is 0 Å². The lowest BCUT2D eigenvalue weighted by Gasteiger charge is -2.11. The van der Waals surface area contributed by atoms with E-state index in [-0.39, 0.29) is 0 Å². The highest BCUT2D eigenvalue weighted by Gasteiger charge is 2.06. The molecule has 82 valence electrons. The molecule has 0 aliphatic carbocycles. The fourth-order valence-electron chi connectivity index (χ4n) is 1.14. The normalized spacial score (nSPS) is 12.3. The largest absolute Gasteiger partial charge is 0.309 e. The van der Waals surface area contributed by atoms with Gasteiger partial charge in [0, 0.05) is 23.2 Å². The lowest BCUT2D eigenvalue weighted by atomic mass is 10.3. The molecule has 1 nitrogen and oxygen atoms in total. The van der Waals surface area contributed by atoms with E-state index < -0.39 is 0 Å². The number of thioether (sulfide) groups is 1. The molecule has 1 unspecified atom stereocenters. The van der Waals surface area contributed by atoms with E-state index in [2.05, 4.69) is 46.2 Å². The van der Waals surface area contributed by atoms with Crippen molar-refractivity contribution in [3.8, 4) is 12.3 Å². The van der Waals surface area contributed by atoms with E-state index in [4.69, 9.17) is 6.42 Å². The zero-order valence-corrected chi connectivity index (χ0v) is 11.8. The second-order valence-electron chi connectivity index (χ2n) is 3.07. The van der Waals surface area contributed by atoms with Crippen molar-refractivity contribution in [1.82, 2.24) is 5.32 Å². The Morgan fingerprint density at radius 1 is 1.67 bits per heavy atom. The summed E-state index contributed by atoms with van der Waals surface area (Å²) in [6.45, 7) is 3.19. The predicted octanol–water partition coefficient (Wildman–Crippen LogP) is 3.53. The third-order valence-corrected chi connectivity index (χ3v) is 4.57. The van der Waals surface area contributed by atoms with Crippen LogP contribution < -0.4 is 5.32 Å². The Labute approximate surface area is 108 Å². The Balaban J connectivity index is 2.19. The Hall–Kier alpha value is 0.0500. The summed E-state index contributed by atoms with van der Waals surface area (Å²) < 4.78 is 1.19. The van der Waals surface area contributed by atoms with Gasteiger partial charge in [-0.05, 0) is 35.0 Å². The van der Waals surface area contributed by atoms with Gasteiger partial charge in [-0.1, -0.05) is 5.92 Å². The molecule has 0 aliphatic rings. The Morgan fingerprint density at radius 2 is 2.47 bits per heavy atom. The number of rotatable bonds is 6. The summed E-state index contributed by atoms with van der Waals surface area (Å²) in [5.41, 5.74) is 0. The van der Waals surface area contributed by atoms with Crippen molar-refractivity contribution in [3.05, 3.63) is 20.8 Å². The molecule has 0 fully saturated rings. The van der Waals surface area contributed by atoms with Gasteiger partial charge in [-0.3, -0.25) is 0 Å². The minimum absolute atomic E-state index is 0.424. The van der Waals surface area contributed by atoms with Crippen LogP contribution in [0.1, 0.15) is 17.8 Å². The Kier molecular flexibility index (Phi) is 6.42. The lowest BCUT2D eigenvalue weighted by Crippen LogP contribution is -2.20. The molecule has 0 aromatic carbocycles. The fraction of sp³-hybridized carbons (Fsp3) is 0.455. The predicted molar refractivity (Wildman–Crippen MR) is 74.6 cm³/mol. The molecule has 0 saturated heterocycles. The van der Waals surface area contributed by atoms with Crippen molar-refractivity contribution < 1.29 is 0 Å². The summed E-state index contributed by atoms with van der Waals surface area (Å²) >= 11 is 7.04. The molecular formula is C11H14BrNS2. The Morgan fingerprint density at radius 3 is 3.07 bits per heavy atom. The van der Waals surface area contributed by atoms with Gasteiger partial charge in [-0.15, -0.1) is 29.5 Å². The second kappa shape index (κ2) is 7.34. The molecule has 1 heterocycles. The average Bonchev–Trinajstić information content (AvgIpc) is 2.64. The van der Waals surface area contributed by atoms with Crippen molar-refractivity contribution in [2.75, 3.05) is 18.1 Å².